The standard InChI is InChI=1S/C11H20F3NO2/c1-10(6-16,7-17)15-9-4-2-3-8(5-9)11(12,13)14/h8-9,15-17H,2-7H2,1H3. The smallest absolute Gasteiger partial charge is 0.391 e. The number of aliphatic hydroxyl groups is 2. The predicted molar refractivity (Wildman–Crippen MR) is 57.5 cm³/mol. The molecule has 0 aromatic heterocycles. The predicted octanol–water partition coefficient (Wildman–Crippen LogP) is 1.44. The van der Waals surface area contributed by atoms with Crippen LogP contribution in [0.15, 0.2) is 0 Å². The van der Waals surface area contributed by atoms with Gasteiger partial charge in [-0.05, 0) is 26.2 Å². The molecule has 1 saturated carbocycles. The lowest BCUT2D eigenvalue weighted by Gasteiger charge is -2.37. The summed E-state index contributed by atoms with van der Waals surface area (Å²) in [5.41, 5.74) is -0.905. The van der Waals surface area contributed by atoms with Gasteiger partial charge in [0, 0.05) is 6.04 Å². The number of hydrogen-bond donors (Lipinski definition) is 3. The monoisotopic (exact) mass is 255 g/mol. The second kappa shape index (κ2) is 5.54. The van der Waals surface area contributed by atoms with Crippen molar-refractivity contribution in [3.63, 3.8) is 0 Å². The number of aliphatic hydroxyl groups excluding tert-OH is 2. The van der Waals surface area contributed by atoms with E-state index in [2.05, 4.69) is 5.32 Å². The van der Waals surface area contributed by atoms with Gasteiger partial charge in [-0.2, -0.15) is 13.2 Å². The van der Waals surface area contributed by atoms with Crippen molar-refractivity contribution >= 4 is 0 Å². The Kier molecular flexibility index (Phi) is 4.80. The first-order chi connectivity index (χ1) is 7.80. The molecule has 17 heavy (non-hydrogen) atoms. The minimum Gasteiger partial charge on any atom is -0.394 e. The van der Waals surface area contributed by atoms with Crippen molar-refractivity contribution in [3.05, 3.63) is 0 Å². The first kappa shape index (κ1) is 14.7. The van der Waals surface area contributed by atoms with Gasteiger partial charge in [0.05, 0.1) is 24.7 Å². The van der Waals surface area contributed by atoms with Gasteiger partial charge in [-0.1, -0.05) is 6.42 Å². The normalized spacial score (nSPS) is 27.2. The van der Waals surface area contributed by atoms with Gasteiger partial charge in [0.15, 0.2) is 0 Å². The van der Waals surface area contributed by atoms with Crippen LogP contribution in [-0.4, -0.2) is 41.2 Å². The molecule has 1 fully saturated rings. The third-order valence-corrected chi connectivity index (χ3v) is 3.39. The zero-order valence-electron chi connectivity index (χ0n) is 9.93. The molecule has 0 heterocycles. The first-order valence-corrected chi connectivity index (χ1v) is 5.87. The van der Waals surface area contributed by atoms with Crippen molar-refractivity contribution < 1.29 is 23.4 Å². The minimum absolute atomic E-state index is 0.0269. The third-order valence-electron chi connectivity index (χ3n) is 3.39. The minimum atomic E-state index is -4.14. The highest BCUT2D eigenvalue weighted by atomic mass is 19.4. The van der Waals surface area contributed by atoms with Crippen molar-refractivity contribution in [2.45, 2.75) is 50.4 Å². The Morgan fingerprint density at radius 3 is 2.24 bits per heavy atom. The van der Waals surface area contributed by atoms with Gasteiger partial charge in [-0.15, -0.1) is 0 Å². The van der Waals surface area contributed by atoms with Gasteiger partial charge in [0.1, 0.15) is 0 Å². The summed E-state index contributed by atoms with van der Waals surface area (Å²) in [6.45, 7) is 1.01. The second-order valence-electron chi connectivity index (χ2n) is 5.12. The maximum absolute atomic E-state index is 12.6. The average molecular weight is 255 g/mol. The van der Waals surface area contributed by atoms with E-state index in [9.17, 15) is 13.2 Å². The summed E-state index contributed by atoms with van der Waals surface area (Å²) in [5.74, 6) is -1.27. The van der Waals surface area contributed by atoms with E-state index in [0.717, 1.165) is 0 Å². The van der Waals surface area contributed by atoms with E-state index in [1.807, 2.05) is 0 Å². The Labute approximate surface area is 99.0 Å². The van der Waals surface area contributed by atoms with E-state index >= 15 is 0 Å². The number of nitrogens with one attached hydrogen (secondary N) is 1. The quantitative estimate of drug-likeness (QED) is 0.712. The molecule has 2 unspecified atom stereocenters. The lowest BCUT2D eigenvalue weighted by Crippen LogP contribution is -2.55. The highest BCUT2D eigenvalue weighted by Crippen LogP contribution is 2.37. The zero-order chi connectivity index (χ0) is 13.1. The Morgan fingerprint density at radius 1 is 1.18 bits per heavy atom. The van der Waals surface area contributed by atoms with Crippen molar-refractivity contribution in [1.82, 2.24) is 5.32 Å². The van der Waals surface area contributed by atoms with Gasteiger partial charge in [0.25, 0.3) is 0 Å². The molecule has 6 heteroatoms. The first-order valence-electron chi connectivity index (χ1n) is 5.87. The highest BCUT2D eigenvalue weighted by molar-refractivity contribution is 4.89. The average Bonchev–Trinajstić information content (AvgIpc) is 2.28. The number of hydrogen-bond acceptors (Lipinski definition) is 3. The van der Waals surface area contributed by atoms with Crippen molar-refractivity contribution in [3.8, 4) is 0 Å². The fraction of sp³-hybridized carbons (Fsp3) is 1.00. The van der Waals surface area contributed by atoms with Crippen LogP contribution < -0.4 is 5.32 Å². The molecule has 0 bridgehead atoms. The lowest BCUT2D eigenvalue weighted by atomic mass is 9.84. The molecular weight excluding hydrogens is 235 g/mol. The SMILES string of the molecule is CC(CO)(CO)NC1CCCC(C(F)(F)F)C1. The summed E-state index contributed by atoms with van der Waals surface area (Å²) in [5, 5.41) is 21.1. The zero-order valence-corrected chi connectivity index (χ0v) is 9.93. The van der Waals surface area contributed by atoms with Gasteiger partial charge >= 0.3 is 6.18 Å². The van der Waals surface area contributed by atoms with Crippen molar-refractivity contribution in [2.75, 3.05) is 13.2 Å². The molecule has 3 N–H and O–H groups in total. The maximum Gasteiger partial charge on any atom is 0.391 e. The molecule has 0 radical (unpaired) electrons. The van der Waals surface area contributed by atoms with E-state index in [0.29, 0.717) is 12.8 Å². The summed E-state index contributed by atoms with van der Waals surface area (Å²) >= 11 is 0. The largest absolute Gasteiger partial charge is 0.394 e. The Morgan fingerprint density at radius 2 is 1.76 bits per heavy atom. The van der Waals surface area contributed by atoms with E-state index in [4.69, 9.17) is 10.2 Å². The molecule has 1 aliphatic carbocycles. The number of alkyl halides is 3. The van der Waals surface area contributed by atoms with Crippen LogP contribution in [0.5, 0.6) is 0 Å². The van der Waals surface area contributed by atoms with Gasteiger partial charge in [-0.25, -0.2) is 0 Å². The summed E-state index contributed by atoms with van der Waals surface area (Å²) in [7, 11) is 0. The number of halogens is 3. The molecule has 2 atom stereocenters. The van der Waals surface area contributed by atoms with Crippen LogP contribution in [0.4, 0.5) is 13.2 Å². The molecule has 3 nitrogen and oxygen atoms in total. The second-order valence-corrected chi connectivity index (χ2v) is 5.12. The number of rotatable bonds is 4. The van der Waals surface area contributed by atoms with Crippen molar-refractivity contribution in [2.24, 2.45) is 5.92 Å². The van der Waals surface area contributed by atoms with E-state index in [-0.39, 0.29) is 32.1 Å². The van der Waals surface area contributed by atoms with E-state index < -0.39 is 17.6 Å². The third kappa shape index (κ3) is 4.12. The van der Waals surface area contributed by atoms with E-state index in [1.54, 1.807) is 6.92 Å². The highest BCUT2D eigenvalue weighted by Gasteiger charge is 2.43. The van der Waals surface area contributed by atoms with Crippen LogP contribution in [0, 0.1) is 5.92 Å². The molecule has 1 rings (SSSR count). The topological polar surface area (TPSA) is 52.5 Å². The molecule has 0 aromatic carbocycles. The summed E-state index contributed by atoms with van der Waals surface area (Å²) in [4.78, 5) is 0. The molecule has 102 valence electrons. The van der Waals surface area contributed by atoms with Crippen LogP contribution in [0.1, 0.15) is 32.6 Å². The Hall–Kier alpha value is -0.330. The van der Waals surface area contributed by atoms with Gasteiger partial charge in [-0.3, -0.25) is 0 Å². The summed E-state index contributed by atoms with van der Waals surface area (Å²) in [6.07, 6.45) is -2.76. The van der Waals surface area contributed by atoms with Crippen LogP contribution in [-0.2, 0) is 0 Å². The summed E-state index contributed by atoms with van der Waals surface area (Å²) in [6, 6.07) is -0.292. The lowest BCUT2D eigenvalue weighted by molar-refractivity contribution is -0.184. The fourth-order valence-electron chi connectivity index (χ4n) is 2.25. The molecule has 1 aliphatic rings. The molecule has 0 amide bonds. The molecule has 0 aromatic rings. The van der Waals surface area contributed by atoms with Gasteiger partial charge < -0.3 is 15.5 Å². The van der Waals surface area contributed by atoms with Gasteiger partial charge in [0.2, 0.25) is 0 Å². The Balaban J connectivity index is 2.56. The molecule has 0 saturated heterocycles. The van der Waals surface area contributed by atoms with Crippen molar-refractivity contribution in [1.29, 1.82) is 0 Å². The van der Waals surface area contributed by atoms with Crippen LogP contribution >= 0.6 is 0 Å². The fourth-order valence-corrected chi connectivity index (χ4v) is 2.25. The molecule has 0 aliphatic heterocycles. The molecule has 0 spiro atoms. The molecular formula is C11H20F3NO2. The summed E-state index contributed by atoms with van der Waals surface area (Å²) < 4.78 is 37.8. The van der Waals surface area contributed by atoms with E-state index in [1.165, 1.54) is 0 Å². The maximum atomic E-state index is 12.6. The van der Waals surface area contributed by atoms with Crippen LogP contribution in [0.25, 0.3) is 0 Å². The van der Waals surface area contributed by atoms with Crippen LogP contribution in [0.2, 0.25) is 0 Å². The van der Waals surface area contributed by atoms with Crippen LogP contribution in [0.3, 0.4) is 0 Å². The Bertz CT molecular complexity index is 241.